The lowest BCUT2D eigenvalue weighted by Gasteiger charge is -2.35. The summed E-state index contributed by atoms with van der Waals surface area (Å²) in [6.07, 6.45) is 13.8. The van der Waals surface area contributed by atoms with Crippen LogP contribution in [-0.2, 0) is 4.74 Å². The minimum absolute atomic E-state index is 0.414. The topological polar surface area (TPSA) is 12.5 Å². The lowest BCUT2D eigenvalue weighted by atomic mass is 10.1. The normalized spacial score (nSPS) is 25.4. The number of rotatable bonds is 9. The molecule has 0 amide bonds. The van der Waals surface area contributed by atoms with E-state index in [0.29, 0.717) is 12.2 Å². The first-order chi connectivity index (χ1) is 9.22. The molecule has 0 aromatic rings. The van der Waals surface area contributed by atoms with Crippen molar-refractivity contribution >= 4 is 10.2 Å². The lowest BCUT2D eigenvalue weighted by molar-refractivity contribution is -0.0681. The molecule has 0 radical (unpaired) electrons. The molecule has 2 nitrogen and oxygen atoms in total. The Morgan fingerprint density at radius 3 is 2.32 bits per heavy atom. The predicted molar refractivity (Wildman–Crippen MR) is 88.0 cm³/mol. The van der Waals surface area contributed by atoms with Crippen molar-refractivity contribution in [2.45, 2.75) is 70.6 Å². The van der Waals surface area contributed by atoms with Gasteiger partial charge in [-0.1, -0.05) is 31.4 Å². The molecule has 0 aromatic carbocycles. The monoisotopic (exact) mass is 283 g/mol. The Labute approximate surface area is 123 Å². The van der Waals surface area contributed by atoms with E-state index in [1.54, 1.807) is 0 Å². The highest BCUT2D eigenvalue weighted by molar-refractivity contribution is 6.09. The first-order valence-corrected chi connectivity index (χ1v) is 9.66. The maximum atomic E-state index is 5.76. The summed E-state index contributed by atoms with van der Waals surface area (Å²) in [6.45, 7) is 7.88. The van der Waals surface area contributed by atoms with Crippen molar-refractivity contribution in [2.75, 3.05) is 19.6 Å². The van der Waals surface area contributed by atoms with Crippen LogP contribution in [0.3, 0.4) is 0 Å². The van der Waals surface area contributed by atoms with Gasteiger partial charge in [-0.2, -0.15) is 0 Å². The third-order valence-electron chi connectivity index (χ3n) is 3.74. The van der Waals surface area contributed by atoms with E-state index >= 15 is 0 Å². The van der Waals surface area contributed by atoms with Gasteiger partial charge in [0.15, 0.2) is 0 Å². The van der Waals surface area contributed by atoms with Crippen molar-refractivity contribution in [3.8, 4) is 0 Å². The number of ether oxygens (including phenoxy) is 1. The van der Waals surface area contributed by atoms with E-state index < -0.39 is 0 Å². The van der Waals surface area contributed by atoms with Crippen LogP contribution in [0.25, 0.3) is 0 Å². The maximum Gasteiger partial charge on any atom is 0.0678 e. The Hall–Kier alpha value is -0.123. The molecule has 0 N–H and O–H groups in total. The lowest BCUT2D eigenvalue weighted by Crippen LogP contribution is -2.45. The molecule has 1 rings (SSSR count). The minimum atomic E-state index is 0.414. The zero-order valence-corrected chi connectivity index (χ0v) is 15.2. The molecule has 1 saturated heterocycles. The molecule has 0 aliphatic carbocycles. The van der Waals surface area contributed by atoms with Gasteiger partial charge in [-0.15, -0.1) is 0 Å². The summed E-state index contributed by atoms with van der Waals surface area (Å²) in [5.41, 5.74) is 0. The molecule has 19 heavy (non-hydrogen) atoms. The minimum Gasteiger partial charge on any atom is -0.373 e. The largest absolute Gasteiger partial charge is 0.373 e. The first kappa shape index (κ1) is 16.9. The summed E-state index contributed by atoms with van der Waals surface area (Å²) in [5.74, 6) is 0. The summed E-state index contributed by atoms with van der Waals surface area (Å²) >= 11 is 0. The SMILES string of the molecule is CC1CN(CCCCCCCC=CC[SiH3])CC(C)O1. The highest BCUT2D eigenvalue weighted by Crippen LogP contribution is 2.12. The van der Waals surface area contributed by atoms with Crippen LogP contribution in [0.4, 0.5) is 0 Å². The van der Waals surface area contributed by atoms with Gasteiger partial charge >= 0.3 is 0 Å². The molecule has 112 valence electrons. The fraction of sp³-hybridized carbons (Fsp3) is 0.875. The van der Waals surface area contributed by atoms with Crippen molar-refractivity contribution < 1.29 is 4.74 Å². The predicted octanol–water partition coefficient (Wildman–Crippen LogP) is 2.78. The molecule has 1 fully saturated rings. The quantitative estimate of drug-likeness (QED) is 0.366. The molecular weight excluding hydrogens is 250 g/mol. The van der Waals surface area contributed by atoms with Crippen molar-refractivity contribution in [3.05, 3.63) is 12.2 Å². The van der Waals surface area contributed by atoms with E-state index in [9.17, 15) is 0 Å². The summed E-state index contributed by atoms with van der Waals surface area (Å²) in [6, 6.07) is 1.32. The molecule has 1 heterocycles. The summed E-state index contributed by atoms with van der Waals surface area (Å²) in [4.78, 5) is 2.58. The molecule has 0 spiro atoms. The Kier molecular flexibility index (Phi) is 9.48. The Bertz CT molecular complexity index is 235. The molecule has 2 unspecified atom stereocenters. The van der Waals surface area contributed by atoms with Crippen LogP contribution in [0, 0.1) is 0 Å². The molecule has 3 heteroatoms. The average Bonchev–Trinajstić information content (AvgIpc) is 2.36. The van der Waals surface area contributed by atoms with Gasteiger partial charge in [-0.3, -0.25) is 4.90 Å². The van der Waals surface area contributed by atoms with Crippen LogP contribution < -0.4 is 0 Å². The highest BCUT2D eigenvalue weighted by atomic mass is 28.1. The van der Waals surface area contributed by atoms with E-state index in [0.717, 1.165) is 13.1 Å². The van der Waals surface area contributed by atoms with Crippen LogP contribution in [0.2, 0.25) is 6.04 Å². The second-order valence-corrected chi connectivity index (χ2v) is 6.77. The van der Waals surface area contributed by atoms with Gasteiger partial charge in [0.05, 0.1) is 12.2 Å². The average molecular weight is 284 g/mol. The number of unbranched alkanes of at least 4 members (excludes halogenated alkanes) is 5. The Morgan fingerprint density at radius 1 is 1.00 bits per heavy atom. The van der Waals surface area contributed by atoms with Gasteiger partial charge in [0, 0.05) is 23.3 Å². The molecule has 1 aliphatic heterocycles. The van der Waals surface area contributed by atoms with Crippen LogP contribution >= 0.6 is 0 Å². The third kappa shape index (κ3) is 8.61. The fourth-order valence-corrected chi connectivity index (χ4v) is 3.21. The molecule has 0 aromatic heterocycles. The number of allylic oxidation sites excluding steroid dienone is 2. The van der Waals surface area contributed by atoms with E-state index in [4.69, 9.17) is 4.74 Å². The maximum absolute atomic E-state index is 5.76. The van der Waals surface area contributed by atoms with Crippen molar-refractivity contribution in [1.29, 1.82) is 0 Å². The van der Waals surface area contributed by atoms with E-state index in [1.165, 1.54) is 61.4 Å². The van der Waals surface area contributed by atoms with Crippen LogP contribution in [0.1, 0.15) is 52.4 Å². The van der Waals surface area contributed by atoms with Gasteiger partial charge in [-0.05, 0) is 45.7 Å². The van der Waals surface area contributed by atoms with Crippen LogP contribution in [-0.4, -0.2) is 47.0 Å². The summed E-state index contributed by atoms with van der Waals surface area (Å²) < 4.78 is 5.76. The molecular formula is C16H33NOSi. The molecule has 0 bridgehead atoms. The van der Waals surface area contributed by atoms with Gasteiger partial charge in [0.2, 0.25) is 0 Å². The van der Waals surface area contributed by atoms with Gasteiger partial charge in [0.25, 0.3) is 0 Å². The van der Waals surface area contributed by atoms with Gasteiger partial charge < -0.3 is 4.74 Å². The second kappa shape index (κ2) is 10.6. The first-order valence-electron chi connectivity index (χ1n) is 8.25. The van der Waals surface area contributed by atoms with Gasteiger partial charge in [0.1, 0.15) is 0 Å². The van der Waals surface area contributed by atoms with Crippen LogP contribution in [0.15, 0.2) is 12.2 Å². The zero-order chi connectivity index (χ0) is 13.9. The standard InChI is InChI=1S/C16H33NOSi/c1-15-13-17(14-16(2)18-15)11-9-7-5-3-4-6-8-10-12-19/h8,10,15-16H,3-7,9,11-14H2,1-2,19H3. The third-order valence-corrected chi connectivity index (χ3v) is 4.21. The number of nitrogens with zero attached hydrogens (tertiary/aromatic N) is 1. The Balaban J connectivity index is 1.91. The summed E-state index contributed by atoms with van der Waals surface area (Å²) in [7, 11) is 1.31. The van der Waals surface area contributed by atoms with Gasteiger partial charge in [-0.25, -0.2) is 0 Å². The summed E-state index contributed by atoms with van der Waals surface area (Å²) in [5, 5.41) is 0. The van der Waals surface area contributed by atoms with Crippen LogP contribution in [0.5, 0.6) is 0 Å². The zero-order valence-electron chi connectivity index (χ0n) is 13.2. The smallest absolute Gasteiger partial charge is 0.0678 e. The van der Waals surface area contributed by atoms with Crippen molar-refractivity contribution in [3.63, 3.8) is 0 Å². The number of hydrogen-bond acceptors (Lipinski definition) is 2. The van der Waals surface area contributed by atoms with Crippen molar-refractivity contribution in [2.24, 2.45) is 0 Å². The highest BCUT2D eigenvalue weighted by Gasteiger charge is 2.21. The Morgan fingerprint density at radius 2 is 1.63 bits per heavy atom. The molecule has 0 saturated carbocycles. The van der Waals surface area contributed by atoms with Crippen molar-refractivity contribution in [1.82, 2.24) is 4.90 Å². The fourth-order valence-electron chi connectivity index (χ4n) is 2.88. The van der Waals surface area contributed by atoms with E-state index in [-0.39, 0.29) is 0 Å². The second-order valence-electron chi connectivity index (χ2n) is 5.95. The molecule has 1 aliphatic rings. The van der Waals surface area contributed by atoms with E-state index in [1.807, 2.05) is 0 Å². The molecule has 2 atom stereocenters. The number of hydrogen-bond donors (Lipinski definition) is 0. The number of morpholine rings is 1. The van der Waals surface area contributed by atoms with E-state index in [2.05, 4.69) is 30.9 Å².